The largest absolute Gasteiger partial charge is 0.384 e. The molecular weight excluding hydrogens is 572 g/mol. The summed E-state index contributed by atoms with van der Waals surface area (Å²) in [7, 11) is 0. The standard InChI is InChI=1S/C31H31F2N7O2S/c1-5-24(41)38-12-13-39(18(4)16-38)29-19-15-21(33)27-25-20(32)7-6-8-22(25)34-11-14-43-23-9-10-35-26(17(2)3)28(23)40(30(19)36-27)31(42)37-29/h5-10,15,17-18,34H,1,11-14,16H2,2-4H3/t18-/m1/s1. The van der Waals surface area contributed by atoms with Crippen molar-refractivity contribution in [1.29, 1.82) is 0 Å². The van der Waals surface area contributed by atoms with Crippen LogP contribution in [-0.2, 0) is 4.79 Å². The van der Waals surface area contributed by atoms with Crippen LogP contribution in [-0.4, -0.2) is 68.3 Å². The number of halogens is 2. The van der Waals surface area contributed by atoms with Gasteiger partial charge in [-0.3, -0.25) is 9.78 Å². The molecule has 1 saturated heterocycles. The zero-order valence-electron chi connectivity index (χ0n) is 24.1. The monoisotopic (exact) mass is 603 g/mol. The molecule has 2 aliphatic heterocycles. The van der Waals surface area contributed by atoms with E-state index in [0.717, 1.165) is 4.90 Å². The highest BCUT2D eigenvalue weighted by Crippen LogP contribution is 2.38. The molecule has 0 unspecified atom stereocenters. The van der Waals surface area contributed by atoms with Crippen LogP contribution in [0.3, 0.4) is 0 Å². The zero-order valence-corrected chi connectivity index (χ0v) is 24.9. The molecule has 1 N–H and O–H groups in total. The van der Waals surface area contributed by atoms with Crippen LogP contribution in [0.15, 0.2) is 58.9 Å². The van der Waals surface area contributed by atoms with Gasteiger partial charge in [-0.15, -0.1) is 11.8 Å². The van der Waals surface area contributed by atoms with E-state index in [9.17, 15) is 9.59 Å². The van der Waals surface area contributed by atoms with Crippen LogP contribution in [0.1, 0.15) is 32.4 Å². The third-order valence-electron chi connectivity index (χ3n) is 7.80. The van der Waals surface area contributed by atoms with Crippen molar-refractivity contribution in [3.63, 3.8) is 0 Å². The number of nitrogens with one attached hydrogen (secondary N) is 1. The summed E-state index contributed by atoms with van der Waals surface area (Å²) in [5.74, 6) is -0.777. The van der Waals surface area contributed by atoms with Crippen molar-refractivity contribution in [2.24, 2.45) is 0 Å². The summed E-state index contributed by atoms with van der Waals surface area (Å²) < 4.78 is 32.9. The Morgan fingerprint density at radius 3 is 2.74 bits per heavy atom. The summed E-state index contributed by atoms with van der Waals surface area (Å²) in [6, 6.07) is 7.40. The summed E-state index contributed by atoms with van der Waals surface area (Å²) in [5.41, 5.74) is 0.926. The quantitative estimate of drug-likeness (QED) is 0.328. The Labute approximate surface area is 251 Å². The number of hydrogen-bond donors (Lipinski definition) is 1. The molecule has 0 radical (unpaired) electrons. The normalized spacial score (nSPS) is 16.7. The second-order valence-corrected chi connectivity index (χ2v) is 12.0. The molecule has 2 aliphatic rings. The first-order valence-corrected chi connectivity index (χ1v) is 15.1. The molecule has 0 saturated carbocycles. The van der Waals surface area contributed by atoms with Crippen LogP contribution < -0.4 is 15.9 Å². The second-order valence-electron chi connectivity index (χ2n) is 10.9. The van der Waals surface area contributed by atoms with Crippen LogP contribution in [0.4, 0.5) is 20.3 Å². The molecule has 2 bridgehead atoms. The summed E-state index contributed by atoms with van der Waals surface area (Å²) in [6.07, 6.45) is 2.99. The SMILES string of the molecule is C=CC(=O)N1CCN(c2nc(=O)n3c4nc(c(F)cc24)-c2c(F)cccc2NCCSc2ccnc(C(C)C)c2-3)[C@H](C)C1. The van der Waals surface area contributed by atoms with Crippen molar-refractivity contribution in [3.8, 4) is 16.9 Å². The van der Waals surface area contributed by atoms with Crippen molar-refractivity contribution < 1.29 is 13.6 Å². The van der Waals surface area contributed by atoms with E-state index >= 15 is 8.78 Å². The Balaban J connectivity index is 1.68. The number of fused-ring (bicyclic) bond motifs is 5. The maximum Gasteiger partial charge on any atom is 0.355 e. The fourth-order valence-electron chi connectivity index (χ4n) is 5.78. The average Bonchev–Trinajstić information content (AvgIpc) is 2.98. The van der Waals surface area contributed by atoms with Gasteiger partial charge in [-0.25, -0.2) is 23.1 Å². The first-order chi connectivity index (χ1) is 20.7. The number of nitrogens with zero attached hydrogens (tertiary/aromatic N) is 6. The molecule has 6 rings (SSSR count). The minimum Gasteiger partial charge on any atom is -0.384 e. The molecular formula is C31H31F2N7O2S. The third-order valence-corrected chi connectivity index (χ3v) is 8.85. The number of carbonyl (C=O) groups excluding carboxylic acids is 1. The number of hydrogen-bond acceptors (Lipinski definition) is 8. The summed E-state index contributed by atoms with van der Waals surface area (Å²) >= 11 is 1.53. The van der Waals surface area contributed by atoms with Gasteiger partial charge >= 0.3 is 5.69 Å². The third kappa shape index (κ3) is 5.03. The molecule has 222 valence electrons. The van der Waals surface area contributed by atoms with Gasteiger partial charge in [0.1, 0.15) is 17.3 Å². The molecule has 43 heavy (non-hydrogen) atoms. The lowest BCUT2D eigenvalue weighted by Crippen LogP contribution is -2.54. The number of anilines is 2. The van der Waals surface area contributed by atoms with Crippen molar-refractivity contribution >= 4 is 40.2 Å². The second kappa shape index (κ2) is 11.4. The van der Waals surface area contributed by atoms with Gasteiger partial charge in [-0.2, -0.15) is 4.98 Å². The van der Waals surface area contributed by atoms with Crippen molar-refractivity contribution in [1.82, 2.24) is 24.4 Å². The first kappa shape index (κ1) is 28.8. The van der Waals surface area contributed by atoms with E-state index in [1.165, 1.54) is 34.5 Å². The van der Waals surface area contributed by atoms with E-state index < -0.39 is 17.3 Å². The van der Waals surface area contributed by atoms with E-state index in [0.29, 0.717) is 54.4 Å². The van der Waals surface area contributed by atoms with Gasteiger partial charge in [0.2, 0.25) is 5.91 Å². The smallest absolute Gasteiger partial charge is 0.355 e. The molecule has 1 aromatic carbocycles. The molecule has 5 heterocycles. The van der Waals surface area contributed by atoms with Crippen molar-refractivity contribution in [3.05, 3.63) is 77.0 Å². The Kier molecular flexibility index (Phi) is 7.63. The highest BCUT2D eigenvalue weighted by atomic mass is 32.2. The van der Waals surface area contributed by atoms with Crippen molar-refractivity contribution in [2.75, 3.05) is 42.1 Å². The van der Waals surface area contributed by atoms with Gasteiger partial charge in [-0.1, -0.05) is 26.5 Å². The minimum absolute atomic E-state index is 0.00903. The van der Waals surface area contributed by atoms with E-state index in [1.54, 1.807) is 23.2 Å². The lowest BCUT2D eigenvalue weighted by Gasteiger charge is -2.40. The number of thioether (sulfide) groups is 1. The minimum atomic E-state index is -0.746. The van der Waals surface area contributed by atoms with E-state index in [-0.39, 0.29) is 40.6 Å². The fourth-order valence-corrected chi connectivity index (χ4v) is 6.69. The van der Waals surface area contributed by atoms with E-state index in [1.807, 2.05) is 31.7 Å². The molecule has 0 spiro atoms. The van der Waals surface area contributed by atoms with Gasteiger partial charge in [0, 0.05) is 54.8 Å². The maximum atomic E-state index is 16.1. The van der Waals surface area contributed by atoms with Gasteiger partial charge in [0.15, 0.2) is 11.5 Å². The highest BCUT2D eigenvalue weighted by molar-refractivity contribution is 7.99. The van der Waals surface area contributed by atoms with Crippen LogP contribution in [0.5, 0.6) is 0 Å². The zero-order chi connectivity index (χ0) is 30.4. The van der Waals surface area contributed by atoms with Crippen LogP contribution >= 0.6 is 11.8 Å². The van der Waals surface area contributed by atoms with Crippen LogP contribution in [0, 0.1) is 11.6 Å². The fraction of sp³-hybridized carbons (Fsp3) is 0.323. The molecule has 4 aromatic rings. The predicted molar refractivity (Wildman–Crippen MR) is 165 cm³/mol. The topological polar surface area (TPSA) is 96.3 Å². The number of amides is 1. The summed E-state index contributed by atoms with van der Waals surface area (Å²) in [5, 5.41) is 3.54. The number of rotatable bonds is 3. The van der Waals surface area contributed by atoms with Gasteiger partial charge in [0.25, 0.3) is 0 Å². The number of aromatic nitrogens is 4. The predicted octanol–water partition coefficient (Wildman–Crippen LogP) is 4.99. The van der Waals surface area contributed by atoms with Gasteiger partial charge in [0.05, 0.1) is 22.3 Å². The Morgan fingerprint density at radius 2 is 2.00 bits per heavy atom. The molecule has 1 atom stereocenters. The van der Waals surface area contributed by atoms with Crippen LogP contribution in [0.2, 0.25) is 0 Å². The number of pyridine rings is 2. The molecule has 1 amide bonds. The molecule has 9 nitrogen and oxygen atoms in total. The highest BCUT2D eigenvalue weighted by Gasteiger charge is 2.31. The van der Waals surface area contributed by atoms with Gasteiger partial charge < -0.3 is 15.1 Å². The molecule has 12 heteroatoms. The molecule has 1 fully saturated rings. The number of benzene rings is 1. The van der Waals surface area contributed by atoms with E-state index in [4.69, 9.17) is 4.98 Å². The Hall–Kier alpha value is -4.32. The molecule has 0 aliphatic carbocycles. The van der Waals surface area contributed by atoms with E-state index in [2.05, 4.69) is 21.9 Å². The maximum absolute atomic E-state index is 16.1. The Bertz CT molecular complexity index is 1830. The lowest BCUT2D eigenvalue weighted by atomic mass is 10.1. The van der Waals surface area contributed by atoms with Crippen molar-refractivity contribution in [2.45, 2.75) is 37.6 Å². The first-order valence-electron chi connectivity index (χ1n) is 14.2. The summed E-state index contributed by atoms with van der Waals surface area (Å²) in [6.45, 7) is 11.0. The average molecular weight is 604 g/mol. The molecule has 3 aromatic heterocycles. The number of carbonyl (C=O) groups is 1. The number of piperazine rings is 1. The van der Waals surface area contributed by atoms with Crippen LogP contribution in [0.25, 0.3) is 28.0 Å². The lowest BCUT2D eigenvalue weighted by molar-refractivity contribution is -0.126. The summed E-state index contributed by atoms with van der Waals surface area (Å²) in [4.78, 5) is 44.6. The van der Waals surface area contributed by atoms with Gasteiger partial charge in [-0.05, 0) is 43.2 Å². The Morgan fingerprint density at radius 1 is 1.19 bits per heavy atom.